The van der Waals surface area contributed by atoms with Crippen molar-refractivity contribution < 1.29 is 19.5 Å². The van der Waals surface area contributed by atoms with Gasteiger partial charge in [0.2, 0.25) is 0 Å². The van der Waals surface area contributed by atoms with Crippen LogP contribution in [0.25, 0.3) is 0 Å². The Kier molecular flexibility index (Phi) is 3.83. The quantitative estimate of drug-likeness (QED) is 0.542. The van der Waals surface area contributed by atoms with Crippen molar-refractivity contribution in [1.82, 2.24) is 0 Å². The smallest absolute Gasteiger partial charge is 0 e. The zero-order chi connectivity index (χ0) is 3.54. The third kappa shape index (κ3) is 1.75. The molecule has 0 nitrogen and oxygen atoms in total. The van der Waals surface area contributed by atoms with Crippen molar-refractivity contribution in [2.45, 2.75) is 0 Å². The van der Waals surface area contributed by atoms with Gasteiger partial charge in [0.25, 0.3) is 0 Å². The SMILES string of the molecule is [Rh].c1cc[pH]c1. The van der Waals surface area contributed by atoms with Gasteiger partial charge in [-0.3, -0.25) is 0 Å². The molecule has 0 amide bonds. The van der Waals surface area contributed by atoms with Gasteiger partial charge in [-0.05, 0) is 11.6 Å². The Morgan fingerprint density at radius 2 is 1.50 bits per heavy atom. The van der Waals surface area contributed by atoms with Gasteiger partial charge in [0.1, 0.15) is 0 Å². The van der Waals surface area contributed by atoms with E-state index in [4.69, 9.17) is 0 Å². The van der Waals surface area contributed by atoms with Crippen molar-refractivity contribution in [3.8, 4) is 0 Å². The first-order chi connectivity index (χ1) is 2.50. The number of hydrogen-bond donors (Lipinski definition) is 0. The maximum Gasteiger partial charge on any atom is 0 e. The number of hydrogen-bond acceptors (Lipinski definition) is 0. The van der Waals surface area contributed by atoms with Crippen LogP contribution in [0.5, 0.6) is 0 Å². The van der Waals surface area contributed by atoms with Crippen LogP contribution in [0.3, 0.4) is 0 Å². The van der Waals surface area contributed by atoms with Crippen LogP contribution in [0.15, 0.2) is 23.7 Å². The molecule has 0 N–H and O–H groups in total. The third-order valence-electron chi connectivity index (χ3n) is 0.496. The van der Waals surface area contributed by atoms with Gasteiger partial charge in [0.05, 0.1) is 0 Å². The Bertz CT molecular complexity index is 64.0. The third-order valence-corrected chi connectivity index (χ3v) is 1.27. The standard InChI is InChI=1S/C4H5P.Rh/c1-2-4-5-3-1;/h1-5H;. The summed E-state index contributed by atoms with van der Waals surface area (Å²) in [7, 11) is 0.948. The van der Waals surface area contributed by atoms with Crippen molar-refractivity contribution in [2.24, 2.45) is 0 Å². The van der Waals surface area contributed by atoms with E-state index in [0.29, 0.717) is 0 Å². The zero-order valence-corrected chi connectivity index (χ0v) is 5.78. The van der Waals surface area contributed by atoms with Gasteiger partial charge in [0.15, 0.2) is 0 Å². The molecule has 1 aromatic heterocycles. The van der Waals surface area contributed by atoms with Crippen LogP contribution in [0.1, 0.15) is 0 Å². The summed E-state index contributed by atoms with van der Waals surface area (Å²) in [6, 6.07) is 4.14. The molecule has 1 heterocycles. The molecule has 0 saturated heterocycles. The van der Waals surface area contributed by atoms with E-state index in [9.17, 15) is 0 Å². The van der Waals surface area contributed by atoms with Crippen molar-refractivity contribution in [3.05, 3.63) is 23.7 Å². The van der Waals surface area contributed by atoms with Crippen LogP contribution in [-0.2, 0) is 19.5 Å². The summed E-state index contributed by atoms with van der Waals surface area (Å²) in [4.78, 5) is 0. The molecule has 35 valence electrons. The van der Waals surface area contributed by atoms with E-state index >= 15 is 0 Å². The van der Waals surface area contributed by atoms with Crippen molar-refractivity contribution in [2.75, 3.05) is 0 Å². The predicted molar refractivity (Wildman–Crippen MR) is 25.9 cm³/mol. The minimum absolute atomic E-state index is 0. The molecular weight excluding hydrogens is 182 g/mol. The van der Waals surface area contributed by atoms with Gasteiger partial charge < -0.3 is 0 Å². The molecule has 1 aromatic rings. The van der Waals surface area contributed by atoms with Crippen molar-refractivity contribution >= 4 is 8.19 Å². The van der Waals surface area contributed by atoms with Crippen LogP contribution in [0.2, 0.25) is 0 Å². The minimum atomic E-state index is 0. The average Bonchev–Trinajstić information content (AvgIpc) is 1.76. The molecule has 0 spiro atoms. The maximum atomic E-state index is 2.15. The molecule has 0 saturated carbocycles. The van der Waals surface area contributed by atoms with Crippen LogP contribution in [-0.4, -0.2) is 0 Å². The van der Waals surface area contributed by atoms with Gasteiger partial charge in [-0.25, -0.2) is 0 Å². The maximum absolute atomic E-state index is 2.15. The van der Waals surface area contributed by atoms with E-state index in [1.807, 2.05) is 0 Å². The van der Waals surface area contributed by atoms with E-state index < -0.39 is 0 Å². The Morgan fingerprint density at radius 1 is 1.00 bits per heavy atom. The summed E-state index contributed by atoms with van der Waals surface area (Å²) in [6.07, 6.45) is 0. The summed E-state index contributed by atoms with van der Waals surface area (Å²) in [5.41, 5.74) is 0. The number of rotatable bonds is 0. The second-order valence-corrected chi connectivity index (χ2v) is 1.88. The van der Waals surface area contributed by atoms with Crippen LogP contribution >= 0.6 is 8.19 Å². The molecule has 6 heavy (non-hydrogen) atoms. The van der Waals surface area contributed by atoms with Crippen molar-refractivity contribution in [1.29, 1.82) is 0 Å². The first kappa shape index (κ1) is 6.40. The summed E-state index contributed by atoms with van der Waals surface area (Å²) in [6.45, 7) is 0. The largest absolute Gasteiger partial charge is 0.140 e. The Morgan fingerprint density at radius 3 is 1.67 bits per heavy atom. The van der Waals surface area contributed by atoms with Gasteiger partial charge in [-0.2, -0.15) is 0 Å². The molecule has 0 bridgehead atoms. The zero-order valence-electron chi connectivity index (χ0n) is 3.14. The molecule has 0 fully saturated rings. The molecular formula is C4H5PRh. The first-order valence-corrected chi connectivity index (χ1v) is 2.73. The fourth-order valence-corrected chi connectivity index (χ4v) is 0.833. The van der Waals surface area contributed by atoms with Gasteiger partial charge in [0, 0.05) is 19.5 Å². The molecule has 0 aliphatic heterocycles. The monoisotopic (exact) mass is 187 g/mol. The molecule has 0 unspecified atom stereocenters. The predicted octanol–water partition coefficient (Wildman–Crippen LogP) is 1.72. The molecule has 0 atom stereocenters. The van der Waals surface area contributed by atoms with E-state index in [1.165, 1.54) is 0 Å². The Hall–Kier alpha value is 0.403. The fourth-order valence-electron chi connectivity index (χ4n) is 0.278. The molecule has 0 aliphatic carbocycles. The van der Waals surface area contributed by atoms with E-state index in [0.717, 1.165) is 8.19 Å². The molecule has 1 radical (unpaired) electrons. The van der Waals surface area contributed by atoms with Gasteiger partial charge in [-0.1, -0.05) is 12.1 Å². The van der Waals surface area contributed by atoms with Gasteiger partial charge >= 0.3 is 0 Å². The molecule has 0 aromatic carbocycles. The van der Waals surface area contributed by atoms with Crippen LogP contribution in [0.4, 0.5) is 0 Å². The normalized spacial score (nSPS) is 6.67. The Balaban J connectivity index is 0.000000250. The fraction of sp³-hybridized carbons (Fsp3) is 0. The summed E-state index contributed by atoms with van der Waals surface area (Å²) >= 11 is 0. The van der Waals surface area contributed by atoms with E-state index in [2.05, 4.69) is 23.7 Å². The second-order valence-electron chi connectivity index (χ2n) is 0.885. The summed E-state index contributed by atoms with van der Waals surface area (Å²) < 4.78 is 0. The van der Waals surface area contributed by atoms with Gasteiger partial charge in [-0.15, -0.1) is 8.19 Å². The van der Waals surface area contributed by atoms with Crippen LogP contribution < -0.4 is 0 Å². The van der Waals surface area contributed by atoms with E-state index in [-0.39, 0.29) is 19.5 Å². The van der Waals surface area contributed by atoms with Crippen LogP contribution in [0, 0.1) is 0 Å². The van der Waals surface area contributed by atoms with Crippen molar-refractivity contribution in [3.63, 3.8) is 0 Å². The molecule has 0 aliphatic rings. The minimum Gasteiger partial charge on any atom is -0.140 e. The Labute approximate surface area is 51.8 Å². The summed E-state index contributed by atoms with van der Waals surface area (Å²) in [5.74, 6) is 4.31. The van der Waals surface area contributed by atoms with E-state index in [1.54, 1.807) is 0 Å². The molecule has 1 rings (SSSR count). The first-order valence-electron chi connectivity index (χ1n) is 1.58. The topological polar surface area (TPSA) is 0 Å². The summed E-state index contributed by atoms with van der Waals surface area (Å²) in [5, 5.41) is 0. The molecule has 2 heteroatoms. The second kappa shape index (κ2) is 3.59. The average molecular weight is 187 g/mol.